The lowest BCUT2D eigenvalue weighted by atomic mass is 10.1. The summed E-state index contributed by atoms with van der Waals surface area (Å²) in [5.41, 5.74) is 1.78. The van der Waals surface area contributed by atoms with E-state index in [1.165, 1.54) is 30.7 Å². The smallest absolute Gasteiger partial charge is 0.185 e. The fourth-order valence-electron chi connectivity index (χ4n) is 3.17. The first-order chi connectivity index (χ1) is 13.8. The van der Waals surface area contributed by atoms with Gasteiger partial charge in [-0.3, -0.25) is 9.69 Å². The summed E-state index contributed by atoms with van der Waals surface area (Å²) in [5.74, 6) is 1.20. The van der Waals surface area contributed by atoms with Gasteiger partial charge in [-0.25, -0.2) is 0 Å². The van der Waals surface area contributed by atoms with Crippen molar-refractivity contribution in [1.82, 2.24) is 4.90 Å². The van der Waals surface area contributed by atoms with Gasteiger partial charge >= 0.3 is 0 Å². The summed E-state index contributed by atoms with van der Waals surface area (Å²) in [6.07, 6.45) is 7.34. The van der Waals surface area contributed by atoms with Crippen LogP contribution < -0.4 is 0 Å². The average molecular weight is 396 g/mol. The number of thioether (sulfide) groups is 1. The largest absolute Gasteiger partial charge is 0.379 e. The van der Waals surface area contributed by atoms with Gasteiger partial charge in [0.15, 0.2) is 5.78 Å². The summed E-state index contributed by atoms with van der Waals surface area (Å²) in [4.78, 5) is 15.9. The number of hydrogen-bond acceptors (Lipinski definition) is 4. The second kappa shape index (κ2) is 11.8. The number of nitrogens with zero attached hydrogens (tertiary/aromatic N) is 1. The van der Waals surface area contributed by atoms with Crippen molar-refractivity contribution in [3.8, 4) is 0 Å². The Hall–Kier alpha value is -1.88. The van der Waals surface area contributed by atoms with Gasteiger partial charge in [-0.1, -0.05) is 55.0 Å². The van der Waals surface area contributed by atoms with Crippen molar-refractivity contribution in [2.45, 2.75) is 24.2 Å². The van der Waals surface area contributed by atoms with Crippen LogP contribution in [0.3, 0.4) is 0 Å². The topological polar surface area (TPSA) is 29.5 Å². The van der Waals surface area contributed by atoms with E-state index < -0.39 is 0 Å². The average Bonchev–Trinajstić information content (AvgIpc) is 2.76. The lowest BCUT2D eigenvalue weighted by molar-refractivity contribution is 0.0372. The van der Waals surface area contributed by atoms with Gasteiger partial charge in [-0.2, -0.15) is 0 Å². The maximum absolute atomic E-state index is 12.1. The Balaban J connectivity index is 1.33. The van der Waals surface area contributed by atoms with Crippen molar-refractivity contribution >= 4 is 23.6 Å². The molecule has 1 fully saturated rings. The minimum Gasteiger partial charge on any atom is -0.379 e. The predicted octanol–water partition coefficient (Wildman–Crippen LogP) is 5.18. The molecule has 0 N–H and O–H groups in total. The van der Waals surface area contributed by atoms with Gasteiger partial charge in [-0.15, -0.1) is 11.8 Å². The van der Waals surface area contributed by atoms with E-state index in [2.05, 4.69) is 29.2 Å². The number of morpholine rings is 1. The zero-order chi connectivity index (χ0) is 19.4. The Bertz CT molecular complexity index is 737. The van der Waals surface area contributed by atoms with E-state index in [0.717, 1.165) is 43.2 Å². The molecule has 3 rings (SSSR count). The highest BCUT2D eigenvalue weighted by atomic mass is 32.2. The maximum atomic E-state index is 12.1. The highest BCUT2D eigenvalue weighted by Crippen LogP contribution is 2.21. The molecule has 0 amide bonds. The zero-order valence-electron chi connectivity index (χ0n) is 16.4. The molecular formula is C24H29NO2S. The van der Waals surface area contributed by atoms with Gasteiger partial charge in [0.1, 0.15) is 0 Å². The molecule has 28 heavy (non-hydrogen) atoms. The van der Waals surface area contributed by atoms with E-state index in [9.17, 15) is 4.79 Å². The van der Waals surface area contributed by atoms with Gasteiger partial charge < -0.3 is 4.74 Å². The summed E-state index contributed by atoms with van der Waals surface area (Å²) in [6, 6.07) is 17.8. The third kappa shape index (κ3) is 7.27. The summed E-state index contributed by atoms with van der Waals surface area (Å²) < 4.78 is 5.38. The van der Waals surface area contributed by atoms with Crippen LogP contribution in [0, 0.1) is 0 Å². The second-order valence-electron chi connectivity index (χ2n) is 7.00. The number of benzene rings is 2. The maximum Gasteiger partial charge on any atom is 0.185 e. The molecule has 0 spiro atoms. The van der Waals surface area contributed by atoms with Crippen molar-refractivity contribution < 1.29 is 9.53 Å². The van der Waals surface area contributed by atoms with E-state index >= 15 is 0 Å². The summed E-state index contributed by atoms with van der Waals surface area (Å²) in [6.45, 7) is 5.17. The normalized spacial score (nSPS) is 15.1. The molecule has 1 aliphatic heterocycles. The molecular weight excluding hydrogens is 366 g/mol. The Labute approximate surface area is 172 Å². The van der Waals surface area contributed by atoms with Crippen molar-refractivity contribution in [3.63, 3.8) is 0 Å². The van der Waals surface area contributed by atoms with E-state index in [-0.39, 0.29) is 5.78 Å². The molecule has 0 unspecified atom stereocenters. The SMILES string of the molecule is O=C(/C=C/c1ccc(SCCCCCN2CCOCC2)cc1)c1ccccc1. The van der Waals surface area contributed by atoms with E-state index in [0.29, 0.717) is 0 Å². The summed E-state index contributed by atoms with van der Waals surface area (Å²) in [7, 11) is 0. The van der Waals surface area contributed by atoms with Crippen molar-refractivity contribution in [2.24, 2.45) is 0 Å². The fraction of sp³-hybridized carbons (Fsp3) is 0.375. The van der Waals surface area contributed by atoms with Crippen LogP contribution in [-0.2, 0) is 4.74 Å². The van der Waals surface area contributed by atoms with Crippen LogP contribution >= 0.6 is 11.8 Å². The van der Waals surface area contributed by atoms with Gasteiger partial charge in [0.25, 0.3) is 0 Å². The molecule has 2 aromatic rings. The van der Waals surface area contributed by atoms with Crippen LogP contribution in [-0.4, -0.2) is 49.3 Å². The minimum absolute atomic E-state index is 0.0381. The summed E-state index contributed by atoms with van der Waals surface area (Å²) >= 11 is 1.91. The molecule has 0 bridgehead atoms. The van der Waals surface area contributed by atoms with Gasteiger partial charge in [-0.05, 0) is 48.9 Å². The monoisotopic (exact) mass is 395 g/mol. The van der Waals surface area contributed by atoms with Crippen molar-refractivity contribution in [1.29, 1.82) is 0 Å². The van der Waals surface area contributed by atoms with Crippen LogP contribution in [0.25, 0.3) is 6.08 Å². The zero-order valence-corrected chi connectivity index (χ0v) is 17.2. The molecule has 0 aliphatic carbocycles. The Morgan fingerprint density at radius 2 is 1.71 bits per heavy atom. The Morgan fingerprint density at radius 3 is 2.46 bits per heavy atom. The van der Waals surface area contributed by atoms with Gasteiger partial charge in [0.05, 0.1) is 13.2 Å². The highest BCUT2D eigenvalue weighted by molar-refractivity contribution is 7.99. The van der Waals surface area contributed by atoms with Crippen LogP contribution in [0.5, 0.6) is 0 Å². The number of ether oxygens (including phenoxy) is 1. The molecule has 4 heteroatoms. The quantitative estimate of drug-likeness (QED) is 0.240. The van der Waals surface area contributed by atoms with Crippen LogP contribution in [0.1, 0.15) is 35.2 Å². The summed E-state index contributed by atoms with van der Waals surface area (Å²) in [5, 5.41) is 0. The molecule has 1 saturated heterocycles. The first kappa shape index (κ1) is 20.8. The molecule has 3 nitrogen and oxygen atoms in total. The first-order valence-corrected chi connectivity index (χ1v) is 11.1. The van der Waals surface area contributed by atoms with Crippen LogP contribution in [0.2, 0.25) is 0 Å². The lowest BCUT2D eigenvalue weighted by Gasteiger charge is -2.26. The number of unbranched alkanes of at least 4 members (excludes halogenated alkanes) is 2. The third-order valence-electron chi connectivity index (χ3n) is 4.86. The van der Waals surface area contributed by atoms with Crippen molar-refractivity contribution in [2.75, 3.05) is 38.6 Å². The number of rotatable bonds is 10. The first-order valence-electron chi connectivity index (χ1n) is 10.1. The fourth-order valence-corrected chi connectivity index (χ4v) is 4.09. The minimum atomic E-state index is 0.0381. The number of carbonyl (C=O) groups is 1. The standard InChI is InChI=1S/C24H29NO2S/c26-24(22-7-3-1-4-8-22)14-11-21-9-12-23(13-10-21)28-20-6-2-5-15-25-16-18-27-19-17-25/h1,3-4,7-14H,2,5-6,15-20H2/b14-11+. The van der Waals surface area contributed by atoms with E-state index in [1.54, 1.807) is 6.08 Å². The number of allylic oxidation sites excluding steroid dienone is 1. The van der Waals surface area contributed by atoms with E-state index in [1.807, 2.05) is 48.2 Å². The second-order valence-corrected chi connectivity index (χ2v) is 8.16. The highest BCUT2D eigenvalue weighted by Gasteiger charge is 2.08. The number of carbonyl (C=O) groups excluding carboxylic acids is 1. The molecule has 0 radical (unpaired) electrons. The molecule has 0 aromatic heterocycles. The van der Waals surface area contributed by atoms with E-state index in [4.69, 9.17) is 4.74 Å². The molecule has 0 atom stereocenters. The molecule has 0 saturated carbocycles. The Morgan fingerprint density at radius 1 is 0.964 bits per heavy atom. The van der Waals surface area contributed by atoms with Gasteiger partial charge in [0, 0.05) is 23.5 Å². The van der Waals surface area contributed by atoms with Gasteiger partial charge in [0.2, 0.25) is 0 Å². The number of ketones is 1. The third-order valence-corrected chi connectivity index (χ3v) is 5.95. The van der Waals surface area contributed by atoms with Crippen molar-refractivity contribution in [3.05, 3.63) is 71.8 Å². The van der Waals surface area contributed by atoms with Crippen LogP contribution in [0.15, 0.2) is 65.6 Å². The molecule has 148 valence electrons. The Kier molecular flexibility index (Phi) is 8.82. The lowest BCUT2D eigenvalue weighted by Crippen LogP contribution is -2.36. The molecule has 1 aliphatic rings. The molecule has 1 heterocycles. The predicted molar refractivity (Wildman–Crippen MR) is 118 cm³/mol. The molecule has 2 aromatic carbocycles. The number of hydrogen-bond donors (Lipinski definition) is 0. The van der Waals surface area contributed by atoms with Crippen LogP contribution in [0.4, 0.5) is 0 Å².